The SMILES string of the molecule is CSc1nnc(NC(=O)CN(c2cc(Cl)c(Cl)cc2Cl)S(C)(=O)=O)s1. The van der Waals surface area contributed by atoms with E-state index in [1.165, 1.54) is 35.2 Å². The summed E-state index contributed by atoms with van der Waals surface area (Å²) in [5.41, 5.74) is 0.0517. The van der Waals surface area contributed by atoms with Gasteiger partial charge < -0.3 is 0 Å². The van der Waals surface area contributed by atoms with E-state index in [0.29, 0.717) is 4.34 Å². The fourth-order valence-electron chi connectivity index (χ4n) is 1.72. The maximum atomic E-state index is 12.2. The van der Waals surface area contributed by atoms with Gasteiger partial charge in [-0.1, -0.05) is 57.9 Å². The van der Waals surface area contributed by atoms with E-state index >= 15 is 0 Å². The number of carbonyl (C=O) groups excluding carboxylic acids is 1. The predicted molar refractivity (Wildman–Crippen MR) is 104 cm³/mol. The first-order valence-corrected chi connectivity index (χ1v) is 11.4. The van der Waals surface area contributed by atoms with Crippen molar-refractivity contribution >= 4 is 84.7 Å². The lowest BCUT2D eigenvalue weighted by molar-refractivity contribution is -0.114. The van der Waals surface area contributed by atoms with Gasteiger partial charge in [0, 0.05) is 0 Å². The van der Waals surface area contributed by atoms with E-state index in [1.807, 2.05) is 6.26 Å². The molecule has 136 valence electrons. The van der Waals surface area contributed by atoms with E-state index in [0.717, 1.165) is 10.6 Å². The Kier molecular flexibility index (Phi) is 6.80. The van der Waals surface area contributed by atoms with E-state index in [1.54, 1.807) is 0 Å². The molecule has 13 heteroatoms. The minimum atomic E-state index is -3.81. The van der Waals surface area contributed by atoms with E-state index < -0.39 is 22.5 Å². The highest BCUT2D eigenvalue weighted by Gasteiger charge is 2.24. The van der Waals surface area contributed by atoms with Crippen LogP contribution in [0.3, 0.4) is 0 Å². The van der Waals surface area contributed by atoms with Gasteiger partial charge in [-0.2, -0.15) is 0 Å². The topological polar surface area (TPSA) is 92.3 Å². The van der Waals surface area contributed by atoms with Crippen molar-refractivity contribution in [2.45, 2.75) is 4.34 Å². The van der Waals surface area contributed by atoms with Crippen LogP contribution in [0.5, 0.6) is 0 Å². The van der Waals surface area contributed by atoms with Crippen molar-refractivity contribution < 1.29 is 13.2 Å². The molecular formula is C12H11Cl3N4O3S3. The van der Waals surface area contributed by atoms with Crippen LogP contribution in [-0.2, 0) is 14.8 Å². The fourth-order valence-corrected chi connectivity index (χ4v) is 4.46. The zero-order valence-corrected chi connectivity index (χ0v) is 17.5. The maximum absolute atomic E-state index is 12.2. The Morgan fingerprint density at radius 1 is 1.24 bits per heavy atom. The number of rotatable bonds is 6. The number of hydrogen-bond acceptors (Lipinski definition) is 7. The highest BCUT2D eigenvalue weighted by molar-refractivity contribution is 8.00. The van der Waals surface area contributed by atoms with Gasteiger partial charge in [-0.15, -0.1) is 10.2 Å². The molecule has 2 aromatic rings. The average Bonchev–Trinajstić information content (AvgIpc) is 2.95. The Labute approximate surface area is 167 Å². The number of nitrogens with one attached hydrogen (secondary N) is 1. The number of sulfonamides is 1. The molecule has 1 N–H and O–H groups in total. The lowest BCUT2D eigenvalue weighted by Gasteiger charge is -2.23. The summed E-state index contributed by atoms with van der Waals surface area (Å²) in [5.74, 6) is -0.601. The van der Waals surface area contributed by atoms with Crippen LogP contribution in [0.4, 0.5) is 10.8 Å². The first kappa shape index (κ1) is 20.5. The number of nitrogens with zero attached hydrogens (tertiary/aromatic N) is 3. The number of thioether (sulfide) groups is 1. The van der Waals surface area contributed by atoms with Crippen molar-refractivity contribution in [1.29, 1.82) is 0 Å². The van der Waals surface area contributed by atoms with E-state index in [4.69, 9.17) is 34.8 Å². The van der Waals surface area contributed by atoms with Crippen LogP contribution in [0, 0.1) is 0 Å². The Hall–Kier alpha value is -0.780. The van der Waals surface area contributed by atoms with Gasteiger partial charge in [-0.25, -0.2) is 8.42 Å². The van der Waals surface area contributed by atoms with Gasteiger partial charge in [0.2, 0.25) is 21.1 Å². The summed E-state index contributed by atoms with van der Waals surface area (Å²) in [6.45, 7) is -0.509. The molecule has 2 rings (SSSR count). The van der Waals surface area contributed by atoms with Crippen LogP contribution in [0.2, 0.25) is 15.1 Å². The predicted octanol–water partition coefficient (Wildman–Crippen LogP) is 3.62. The molecule has 0 aliphatic heterocycles. The smallest absolute Gasteiger partial charge is 0.246 e. The van der Waals surface area contributed by atoms with Gasteiger partial charge >= 0.3 is 0 Å². The molecule has 0 bridgehead atoms. The molecule has 0 saturated carbocycles. The summed E-state index contributed by atoms with van der Waals surface area (Å²) in [6, 6.07) is 2.60. The maximum Gasteiger partial charge on any atom is 0.246 e. The number of carbonyl (C=O) groups is 1. The Morgan fingerprint density at radius 2 is 1.88 bits per heavy atom. The van der Waals surface area contributed by atoms with Gasteiger partial charge in [0.1, 0.15) is 6.54 Å². The van der Waals surface area contributed by atoms with Gasteiger partial charge in [-0.05, 0) is 18.4 Å². The van der Waals surface area contributed by atoms with Crippen molar-refractivity contribution in [1.82, 2.24) is 10.2 Å². The van der Waals surface area contributed by atoms with Crippen LogP contribution >= 0.6 is 57.9 Å². The molecule has 1 aromatic carbocycles. The average molecular weight is 462 g/mol. The van der Waals surface area contributed by atoms with Crippen LogP contribution in [0.15, 0.2) is 16.5 Å². The Morgan fingerprint density at radius 3 is 2.44 bits per heavy atom. The van der Waals surface area contributed by atoms with Crippen molar-refractivity contribution in [3.8, 4) is 0 Å². The van der Waals surface area contributed by atoms with Crippen LogP contribution in [0.25, 0.3) is 0 Å². The molecule has 0 fully saturated rings. The highest BCUT2D eigenvalue weighted by Crippen LogP contribution is 2.35. The molecule has 7 nitrogen and oxygen atoms in total. The molecule has 1 aromatic heterocycles. The number of amides is 1. The molecule has 25 heavy (non-hydrogen) atoms. The standard InChI is InChI=1S/C12H11Cl3N4O3S3/c1-23-12-18-17-11(24-12)16-10(20)5-19(25(2,21)22)9-4-7(14)6(13)3-8(9)15/h3-4H,5H2,1-2H3,(H,16,17,20). The Balaban J connectivity index is 2.27. The molecule has 0 atom stereocenters. The minimum absolute atomic E-state index is 0.0493. The third-order valence-corrected chi connectivity index (χ3v) is 6.74. The zero-order valence-electron chi connectivity index (χ0n) is 12.8. The molecule has 0 spiro atoms. The number of halogens is 3. The van der Waals surface area contributed by atoms with E-state index in [9.17, 15) is 13.2 Å². The molecular weight excluding hydrogens is 451 g/mol. The monoisotopic (exact) mass is 460 g/mol. The van der Waals surface area contributed by atoms with Crippen molar-refractivity contribution in [3.05, 3.63) is 27.2 Å². The second-order valence-corrected chi connectivity index (χ2v) is 9.77. The summed E-state index contributed by atoms with van der Waals surface area (Å²) < 4.78 is 25.7. The fraction of sp³-hybridized carbons (Fsp3) is 0.250. The first-order chi connectivity index (χ1) is 11.6. The van der Waals surface area contributed by atoms with E-state index in [2.05, 4.69) is 15.5 Å². The molecule has 1 amide bonds. The molecule has 0 saturated heterocycles. The second-order valence-electron chi connectivity index (χ2n) is 4.61. The number of anilines is 2. The summed E-state index contributed by atoms with van der Waals surface area (Å²) in [4.78, 5) is 12.2. The van der Waals surface area contributed by atoms with Gasteiger partial charge in [0.25, 0.3) is 0 Å². The summed E-state index contributed by atoms with van der Waals surface area (Å²) in [6.07, 6.45) is 2.78. The number of hydrogen-bond donors (Lipinski definition) is 1. The molecule has 0 radical (unpaired) electrons. The molecule has 0 unspecified atom stereocenters. The lowest BCUT2D eigenvalue weighted by atomic mass is 10.3. The van der Waals surface area contributed by atoms with Gasteiger partial charge in [0.15, 0.2) is 4.34 Å². The first-order valence-electron chi connectivity index (χ1n) is 6.41. The van der Waals surface area contributed by atoms with Crippen molar-refractivity contribution in [2.75, 3.05) is 28.7 Å². The largest absolute Gasteiger partial charge is 0.299 e. The quantitative estimate of drug-likeness (QED) is 0.401. The van der Waals surface area contributed by atoms with Crippen LogP contribution in [-0.4, -0.2) is 43.6 Å². The molecule has 0 aliphatic carbocycles. The third kappa shape index (κ3) is 5.35. The Bertz CT molecular complexity index is 904. The molecule has 1 heterocycles. The zero-order chi connectivity index (χ0) is 18.8. The van der Waals surface area contributed by atoms with Crippen LogP contribution < -0.4 is 9.62 Å². The normalized spacial score (nSPS) is 11.4. The van der Waals surface area contributed by atoms with Crippen molar-refractivity contribution in [3.63, 3.8) is 0 Å². The van der Waals surface area contributed by atoms with Crippen molar-refractivity contribution in [2.24, 2.45) is 0 Å². The third-order valence-electron chi connectivity index (χ3n) is 2.77. The lowest BCUT2D eigenvalue weighted by Crippen LogP contribution is -2.37. The number of benzene rings is 1. The van der Waals surface area contributed by atoms with Crippen LogP contribution in [0.1, 0.15) is 0 Å². The summed E-state index contributed by atoms with van der Waals surface area (Å²) >= 11 is 20.4. The summed E-state index contributed by atoms with van der Waals surface area (Å²) in [5, 5.41) is 10.7. The number of aromatic nitrogens is 2. The van der Waals surface area contributed by atoms with Gasteiger partial charge in [-0.3, -0.25) is 14.4 Å². The van der Waals surface area contributed by atoms with Gasteiger partial charge in [0.05, 0.1) is 27.0 Å². The second kappa shape index (κ2) is 8.28. The minimum Gasteiger partial charge on any atom is -0.299 e. The highest BCUT2D eigenvalue weighted by atomic mass is 35.5. The van der Waals surface area contributed by atoms with E-state index in [-0.39, 0.29) is 25.9 Å². The molecule has 0 aliphatic rings. The summed E-state index contributed by atoms with van der Waals surface area (Å²) in [7, 11) is -3.81.